The molecule has 4 nitrogen and oxygen atoms in total. The van der Waals surface area contributed by atoms with Crippen LogP contribution in [0.3, 0.4) is 0 Å². The third-order valence-corrected chi connectivity index (χ3v) is 3.16. The number of phenols is 1. The summed E-state index contributed by atoms with van der Waals surface area (Å²) in [6.07, 6.45) is 0. The Morgan fingerprint density at radius 3 is 2.78 bits per heavy atom. The SMILES string of the molecule is CCN(CCOCCO)Cc1cc(Br)ccc1O. The van der Waals surface area contributed by atoms with Gasteiger partial charge < -0.3 is 14.9 Å². The van der Waals surface area contributed by atoms with E-state index in [1.54, 1.807) is 6.07 Å². The molecule has 0 unspecified atom stereocenters. The van der Waals surface area contributed by atoms with E-state index < -0.39 is 0 Å². The molecular weight excluding hydrogens is 298 g/mol. The number of ether oxygens (including phenoxy) is 1. The number of aliphatic hydroxyl groups is 1. The first kappa shape index (κ1) is 15.4. The van der Waals surface area contributed by atoms with E-state index in [4.69, 9.17) is 9.84 Å². The van der Waals surface area contributed by atoms with Gasteiger partial charge >= 0.3 is 0 Å². The fourth-order valence-electron chi connectivity index (χ4n) is 1.63. The van der Waals surface area contributed by atoms with Crippen LogP contribution in [0.1, 0.15) is 12.5 Å². The highest BCUT2D eigenvalue weighted by Gasteiger charge is 2.08. The minimum atomic E-state index is 0.0541. The lowest BCUT2D eigenvalue weighted by atomic mass is 10.2. The molecule has 0 bridgehead atoms. The Balaban J connectivity index is 2.48. The summed E-state index contributed by atoms with van der Waals surface area (Å²) in [5.41, 5.74) is 0.897. The minimum absolute atomic E-state index is 0.0541. The first-order valence-corrected chi connectivity index (χ1v) is 6.85. The van der Waals surface area contributed by atoms with E-state index in [0.717, 1.165) is 23.1 Å². The predicted molar refractivity (Wildman–Crippen MR) is 74.7 cm³/mol. The molecule has 5 heteroatoms. The lowest BCUT2D eigenvalue weighted by Gasteiger charge is -2.21. The van der Waals surface area contributed by atoms with Crippen LogP contribution in [0, 0.1) is 0 Å². The number of halogens is 1. The average Bonchev–Trinajstić information content (AvgIpc) is 2.37. The molecule has 0 aromatic heterocycles. The second kappa shape index (κ2) is 8.48. The topological polar surface area (TPSA) is 52.9 Å². The molecule has 0 radical (unpaired) electrons. The van der Waals surface area contributed by atoms with Crippen molar-refractivity contribution < 1.29 is 14.9 Å². The van der Waals surface area contributed by atoms with E-state index in [-0.39, 0.29) is 6.61 Å². The van der Waals surface area contributed by atoms with Crippen LogP contribution in [0.2, 0.25) is 0 Å². The van der Waals surface area contributed by atoms with Crippen LogP contribution >= 0.6 is 15.9 Å². The van der Waals surface area contributed by atoms with Crippen molar-refractivity contribution in [3.63, 3.8) is 0 Å². The highest BCUT2D eigenvalue weighted by Crippen LogP contribution is 2.23. The molecule has 1 aromatic carbocycles. The Kier molecular flexibility index (Phi) is 7.27. The third-order valence-electron chi connectivity index (χ3n) is 2.67. The van der Waals surface area contributed by atoms with Crippen molar-refractivity contribution in [1.29, 1.82) is 0 Å². The maximum absolute atomic E-state index is 9.78. The van der Waals surface area contributed by atoms with Gasteiger partial charge in [-0.3, -0.25) is 4.90 Å². The highest BCUT2D eigenvalue weighted by molar-refractivity contribution is 9.10. The van der Waals surface area contributed by atoms with Crippen LogP contribution in [0.15, 0.2) is 22.7 Å². The zero-order valence-corrected chi connectivity index (χ0v) is 12.2. The maximum atomic E-state index is 9.78. The molecule has 0 saturated carbocycles. The van der Waals surface area contributed by atoms with E-state index in [1.165, 1.54) is 0 Å². The molecule has 0 fully saturated rings. The van der Waals surface area contributed by atoms with Gasteiger partial charge in [0.1, 0.15) is 5.75 Å². The van der Waals surface area contributed by atoms with Crippen molar-refractivity contribution in [3.05, 3.63) is 28.2 Å². The van der Waals surface area contributed by atoms with Gasteiger partial charge in [0.25, 0.3) is 0 Å². The number of nitrogens with zero attached hydrogens (tertiary/aromatic N) is 1. The van der Waals surface area contributed by atoms with Crippen molar-refractivity contribution in [2.75, 3.05) is 32.9 Å². The van der Waals surface area contributed by atoms with Crippen molar-refractivity contribution in [1.82, 2.24) is 4.90 Å². The van der Waals surface area contributed by atoms with Crippen LogP contribution in [0.5, 0.6) is 5.75 Å². The number of rotatable bonds is 8. The Morgan fingerprint density at radius 1 is 1.33 bits per heavy atom. The molecule has 1 aromatic rings. The molecule has 2 N–H and O–H groups in total. The quantitative estimate of drug-likeness (QED) is 0.720. The Hall–Kier alpha value is -0.620. The summed E-state index contributed by atoms with van der Waals surface area (Å²) in [5, 5.41) is 18.4. The molecular formula is C13H20BrNO3. The fraction of sp³-hybridized carbons (Fsp3) is 0.538. The molecule has 18 heavy (non-hydrogen) atoms. The molecule has 0 spiro atoms. The molecule has 0 heterocycles. The van der Waals surface area contributed by atoms with Crippen LogP contribution < -0.4 is 0 Å². The first-order valence-electron chi connectivity index (χ1n) is 6.05. The van der Waals surface area contributed by atoms with Gasteiger partial charge in [-0.25, -0.2) is 0 Å². The second-order valence-corrected chi connectivity index (χ2v) is 4.89. The van der Waals surface area contributed by atoms with Crippen molar-refractivity contribution in [2.45, 2.75) is 13.5 Å². The minimum Gasteiger partial charge on any atom is -0.508 e. The van der Waals surface area contributed by atoms with Gasteiger partial charge in [-0.05, 0) is 24.7 Å². The summed E-state index contributed by atoms with van der Waals surface area (Å²) in [5.74, 6) is 0.313. The van der Waals surface area contributed by atoms with E-state index in [2.05, 4.69) is 27.8 Å². The van der Waals surface area contributed by atoms with Crippen LogP contribution in [0.4, 0.5) is 0 Å². The molecule has 0 aliphatic carbocycles. The number of phenolic OH excluding ortho intramolecular Hbond substituents is 1. The van der Waals surface area contributed by atoms with Crippen LogP contribution in [-0.4, -0.2) is 48.0 Å². The van der Waals surface area contributed by atoms with E-state index in [9.17, 15) is 5.11 Å². The summed E-state index contributed by atoms with van der Waals surface area (Å²) in [7, 11) is 0. The summed E-state index contributed by atoms with van der Waals surface area (Å²) in [6, 6.07) is 5.43. The van der Waals surface area contributed by atoms with Crippen LogP contribution in [-0.2, 0) is 11.3 Å². The summed E-state index contributed by atoms with van der Waals surface area (Å²) in [6.45, 7) is 5.43. The van der Waals surface area contributed by atoms with E-state index in [0.29, 0.717) is 25.5 Å². The smallest absolute Gasteiger partial charge is 0.120 e. The molecule has 0 saturated heterocycles. The highest BCUT2D eigenvalue weighted by atomic mass is 79.9. The Bertz CT molecular complexity index is 360. The fourth-order valence-corrected chi connectivity index (χ4v) is 2.04. The van der Waals surface area contributed by atoms with Gasteiger partial charge in [-0.15, -0.1) is 0 Å². The van der Waals surface area contributed by atoms with Gasteiger partial charge in [0.2, 0.25) is 0 Å². The number of aliphatic hydroxyl groups excluding tert-OH is 1. The van der Waals surface area contributed by atoms with Gasteiger partial charge in [0.05, 0.1) is 19.8 Å². The Labute approximate surface area is 116 Å². The largest absolute Gasteiger partial charge is 0.508 e. The zero-order chi connectivity index (χ0) is 13.4. The van der Waals surface area contributed by atoms with Crippen molar-refractivity contribution in [2.24, 2.45) is 0 Å². The zero-order valence-electron chi connectivity index (χ0n) is 10.6. The predicted octanol–water partition coefficient (Wildman–Crippen LogP) is 1.99. The summed E-state index contributed by atoms with van der Waals surface area (Å²) >= 11 is 3.40. The number of hydrogen-bond donors (Lipinski definition) is 2. The van der Waals surface area contributed by atoms with Gasteiger partial charge in [-0.1, -0.05) is 22.9 Å². The second-order valence-electron chi connectivity index (χ2n) is 3.98. The molecule has 102 valence electrons. The van der Waals surface area contributed by atoms with Gasteiger partial charge in [0, 0.05) is 23.1 Å². The number of benzene rings is 1. The van der Waals surface area contributed by atoms with Gasteiger partial charge in [0.15, 0.2) is 0 Å². The third kappa shape index (κ3) is 5.35. The summed E-state index contributed by atoms with van der Waals surface area (Å²) in [4.78, 5) is 2.18. The van der Waals surface area contributed by atoms with E-state index in [1.807, 2.05) is 12.1 Å². The summed E-state index contributed by atoms with van der Waals surface area (Å²) < 4.78 is 6.20. The van der Waals surface area contributed by atoms with Crippen LogP contribution in [0.25, 0.3) is 0 Å². The van der Waals surface area contributed by atoms with E-state index >= 15 is 0 Å². The normalized spacial score (nSPS) is 11.1. The number of likely N-dealkylation sites (N-methyl/N-ethyl adjacent to an activating group) is 1. The maximum Gasteiger partial charge on any atom is 0.120 e. The Morgan fingerprint density at radius 2 is 2.11 bits per heavy atom. The standard InChI is InChI=1S/C13H20BrNO3/c1-2-15(5-7-18-8-6-16)10-11-9-12(14)3-4-13(11)17/h3-4,9,16-17H,2,5-8,10H2,1H3. The molecule has 0 atom stereocenters. The monoisotopic (exact) mass is 317 g/mol. The molecule has 0 aliphatic heterocycles. The molecule has 0 aliphatic rings. The lowest BCUT2D eigenvalue weighted by molar-refractivity contribution is 0.0730. The average molecular weight is 318 g/mol. The molecule has 1 rings (SSSR count). The van der Waals surface area contributed by atoms with Crippen molar-refractivity contribution in [3.8, 4) is 5.75 Å². The number of aromatic hydroxyl groups is 1. The molecule has 0 amide bonds. The number of hydrogen-bond acceptors (Lipinski definition) is 4. The van der Waals surface area contributed by atoms with Crippen molar-refractivity contribution >= 4 is 15.9 Å². The first-order chi connectivity index (χ1) is 8.67. The van der Waals surface area contributed by atoms with Gasteiger partial charge in [-0.2, -0.15) is 0 Å². The lowest BCUT2D eigenvalue weighted by Crippen LogP contribution is -2.27.